The third-order valence-electron chi connectivity index (χ3n) is 3.25. The van der Waals surface area contributed by atoms with Crippen LogP contribution in [0.4, 0.5) is 0 Å². The van der Waals surface area contributed by atoms with Crippen LogP contribution in [0.3, 0.4) is 0 Å². The Morgan fingerprint density at radius 1 is 1.45 bits per heavy atom. The summed E-state index contributed by atoms with van der Waals surface area (Å²) in [6.45, 7) is 4.30. The lowest BCUT2D eigenvalue weighted by atomic mass is 10.1. The standard InChI is InChI=1S/C14H17IN2O2S/c1-3-10(4-2)17-12-6-5-9(15)7-11(12)16-14(17)20-8-13(18)19/h5-7,10H,3-4,8H2,1-2H3,(H,18,19). The van der Waals surface area contributed by atoms with Crippen LogP contribution >= 0.6 is 34.4 Å². The first kappa shape index (κ1) is 15.6. The number of thioether (sulfide) groups is 1. The summed E-state index contributed by atoms with van der Waals surface area (Å²) in [4.78, 5) is 15.4. The number of hydrogen-bond acceptors (Lipinski definition) is 3. The quantitative estimate of drug-likeness (QED) is 0.580. The maximum Gasteiger partial charge on any atom is 0.313 e. The van der Waals surface area contributed by atoms with Crippen molar-refractivity contribution in [3.63, 3.8) is 0 Å². The van der Waals surface area contributed by atoms with E-state index in [-0.39, 0.29) is 5.75 Å². The molecular weight excluding hydrogens is 387 g/mol. The second-order valence-corrected chi connectivity index (χ2v) is 6.74. The Balaban J connectivity index is 2.52. The number of carbonyl (C=O) groups is 1. The lowest BCUT2D eigenvalue weighted by molar-refractivity contribution is -0.133. The van der Waals surface area contributed by atoms with Gasteiger partial charge in [-0.2, -0.15) is 0 Å². The van der Waals surface area contributed by atoms with Gasteiger partial charge in [-0.05, 0) is 53.6 Å². The molecule has 0 saturated carbocycles. The van der Waals surface area contributed by atoms with Gasteiger partial charge in [0.2, 0.25) is 0 Å². The molecule has 1 aromatic carbocycles. The molecule has 0 amide bonds. The summed E-state index contributed by atoms with van der Waals surface area (Å²) in [5.74, 6) is -0.770. The second-order valence-electron chi connectivity index (χ2n) is 4.55. The third-order valence-corrected chi connectivity index (χ3v) is 4.86. The van der Waals surface area contributed by atoms with E-state index >= 15 is 0 Å². The minimum absolute atomic E-state index is 0.0422. The summed E-state index contributed by atoms with van der Waals surface area (Å²) in [7, 11) is 0. The van der Waals surface area contributed by atoms with Gasteiger partial charge in [-0.1, -0.05) is 25.6 Å². The van der Waals surface area contributed by atoms with Crippen molar-refractivity contribution >= 4 is 51.4 Å². The van der Waals surface area contributed by atoms with E-state index in [0.29, 0.717) is 6.04 Å². The Bertz CT molecular complexity index is 623. The van der Waals surface area contributed by atoms with E-state index < -0.39 is 5.97 Å². The first-order chi connectivity index (χ1) is 9.56. The highest BCUT2D eigenvalue weighted by Gasteiger charge is 2.18. The Kier molecular flexibility index (Phi) is 5.31. The number of halogens is 1. The zero-order chi connectivity index (χ0) is 14.7. The number of imidazole rings is 1. The van der Waals surface area contributed by atoms with E-state index in [4.69, 9.17) is 5.11 Å². The highest BCUT2D eigenvalue weighted by molar-refractivity contribution is 14.1. The van der Waals surface area contributed by atoms with Gasteiger partial charge >= 0.3 is 5.97 Å². The molecule has 6 heteroatoms. The van der Waals surface area contributed by atoms with Crippen LogP contribution in [0.15, 0.2) is 23.4 Å². The molecule has 1 heterocycles. The zero-order valence-electron chi connectivity index (χ0n) is 11.5. The average molecular weight is 404 g/mol. The molecule has 1 N–H and O–H groups in total. The Morgan fingerprint density at radius 3 is 2.75 bits per heavy atom. The molecule has 0 saturated heterocycles. The Labute approximate surface area is 136 Å². The maximum atomic E-state index is 10.8. The van der Waals surface area contributed by atoms with Crippen molar-refractivity contribution in [2.24, 2.45) is 0 Å². The molecule has 20 heavy (non-hydrogen) atoms. The number of rotatable bonds is 6. The lowest BCUT2D eigenvalue weighted by Crippen LogP contribution is -2.09. The summed E-state index contributed by atoms with van der Waals surface area (Å²) in [6.07, 6.45) is 2.02. The monoisotopic (exact) mass is 404 g/mol. The van der Waals surface area contributed by atoms with Crippen molar-refractivity contribution in [1.29, 1.82) is 0 Å². The number of carboxylic acids is 1. The molecule has 0 atom stereocenters. The first-order valence-corrected chi connectivity index (χ1v) is 8.65. The van der Waals surface area contributed by atoms with E-state index in [0.717, 1.165) is 32.6 Å². The van der Waals surface area contributed by atoms with Crippen LogP contribution in [0, 0.1) is 3.57 Å². The zero-order valence-corrected chi connectivity index (χ0v) is 14.4. The van der Waals surface area contributed by atoms with Crippen LogP contribution in [0.25, 0.3) is 11.0 Å². The van der Waals surface area contributed by atoms with E-state index in [1.807, 2.05) is 6.07 Å². The topological polar surface area (TPSA) is 55.1 Å². The highest BCUT2D eigenvalue weighted by Crippen LogP contribution is 2.31. The Morgan fingerprint density at radius 2 is 2.15 bits per heavy atom. The molecule has 0 aliphatic carbocycles. The second kappa shape index (κ2) is 6.80. The van der Waals surface area contributed by atoms with E-state index in [1.54, 1.807) is 0 Å². The summed E-state index contributed by atoms with van der Waals surface area (Å²) >= 11 is 3.56. The number of aliphatic carboxylic acids is 1. The fraction of sp³-hybridized carbons (Fsp3) is 0.429. The van der Waals surface area contributed by atoms with Gasteiger partial charge in [-0.15, -0.1) is 0 Å². The SMILES string of the molecule is CCC(CC)n1c(SCC(=O)O)nc2cc(I)ccc21. The molecule has 0 spiro atoms. The van der Waals surface area contributed by atoms with Gasteiger partial charge in [0.1, 0.15) is 0 Å². The molecule has 4 nitrogen and oxygen atoms in total. The molecule has 0 bridgehead atoms. The number of carboxylic acid groups (broad SMARTS) is 1. The number of benzene rings is 1. The molecule has 0 aliphatic heterocycles. The van der Waals surface area contributed by atoms with Gasteiger partial charge in [0.05, 0.1) is 16.8 Å². The van der Waals surface area contributed by atoms with Gasteiger partial charge in [-0.25, -0.2) is 4.98 Å². The van der Waals surface area contributed by atoms with Gasteiger partial charge < -0.3 is 9.67 Å². The van der Waals surface area contributed by atoms with E-state index in [1.165, 1.54) is 11.8 Å². The van der Waals surface area contributed by atoms with Gasteiger partial charge in [0.25, 0.3) is 0 Å². The van der Waals surface area contributed by atoms with Crippen LogP contribution < -0.4 is 0 Å². The fourth-order valence-electron chi connectivity index (χ4n) is 2.28. The van der Waals surface area contributed by atoms with E-state index in [9.17, 15) is 4.79 Å². The smallest absolute Gasteiger partial charge is 0.313 e. The van der Waals surface area contributed by atoms with Crippen molar-refractivity contribution < 1.29 is 9.90 Å². The molecule has 0 aliphatic rings. The largest absolute Gasteiger partial charge is 0.481 e. The lowest BCUT2D eigenvalue weighted by Gasteiger charge is -2.18. The third kappa shape index (κ3) is 3.28. The average Bonchev–Trinajstić information content (AvgIpc) is 2.76. The van der Waals surface area contributed by atoms with Crippen molar-refractivity contribution in [1.82, 2.24) is 9.55 Å². The van der Waals surface area contributed by atoms with Crippen molar-refractivity contribution in [2.75, 3.05) is 5.75 Å². The van der Waals surface area contributed by atoms with Gasteiger partial charge in [0, 0.05) is 9.61 Å². The normalized spacial score (nSPS) is 11.4. The van der Waals surface area contributed by atoms with Crippen molar-refractivity contribution in [3.8, 4) is 0 Å². The summed E-state index contributed by atoms with van der Waals surface area (Å²) in [5, 5.41) is 9.68. The van der Waals surface area contributed by atoms with Crippen LogP contribution in [-0.4, -0.2) is 26.4 Å². The Hall–Kier alpha value is -0.760. The maximum absolute atomic E-state index is 10.8. The molecule has 0 radical (unpaired) electrons. The van der Waals surface area contributed by atoms with Crippen LogP contribution in [0.5, 0.6) is 0 Å². The van der Waals surface area contributed by atoms with Gasteiger partial charge in [-0.3, -0.25) is 4.79 Å². The van der Waals surface area contributed by atoms with E-state index in [2.05, 4.69) is 58.1 Å². The summed E-state index contributed by atoms with van der Waals surface area (Å²) in [6, 6.07) is 6.54. The van der Waals surface area contributed by atoms with Crippen molar-refractivity contribution in [3.05, 3.63) is 21.8 Å². The first-order valence-electron chi connectivity index (χ1n) is 6.58. The minimum atomic E-state index is -0.812. The minimum Gasteiger partial charge on any atom is -0.481 e. The number of hydrogen-bond donors (Lipinski definition) is 1. The van der Waals surface area contributed by atoms with Crippen LogP contribution in [-0.2, 0) is 4.79 Å². The molecule has 108 valence electrons. The fourth-order valence-corrected chi connectivity index (χ4v) is 3.56. The van der Waals surface area contributed by atoms with Crippen LogP contribution in [0.1, 0.15) is 32.7 Å². The molecule has 2 aromatic rings. The molecule has 0 unspecified atom stereocenters. The number of fused-ring (bicyclic) bond motifs is 1. The molecule has 1 aromatic heterocycles. The van der Waals surface area contributed by atoms with Gasteiger partial charge in [0.15, 0.2) is 5.16 Å². The predicted molar refractivity (Wildman–Crippen MR) is 90.4 cm³/mol. The summed E-state index contributed by atoms with van der Waals surface area (Å²) in [5.41, 5.74) is 2.03. The molecule has 2 rings (SSSR count). The summed E-state index contributed by atoms with van der Waals surface area (Å²) < 4.78 is 3.33. The van der Waals surface area contributed by atoms with Crippen molar-refractivity contribution in [2.45, 2.75) is 37.9 Å². The molecule has 0 fully saturated rings. The molecular formula is C14H17IN2O2S. The number of nitrogens with zero attached hydrogens (tertiary/aromatic N) is 2. The highest BCUT2D eigenvalue weighted by atomic mass is 127. The number of aromatic nitrogens is 2. The van der Waals surface area contributed by atoms with Crippen LogP contribution in [0.2, 0.25) is 0 Å². The predicted octanol–water partition coefficient (Wildman–Crippen LogP) is 4.18.